The molecule has 1 atom stereocenters. The van der Waals surface area contributed by atoms with Gasteiger partial charge in [-0.05, 0) is 25.5 Å². The lowest BCUT2D eigenvalue weighted by atomic mass is 10.0. The van der Waals surface area contributed by atoms with Gasteiger partial charge in [-0.3, -0.25) is 0 Å². The maximum atomic E-state index is 6.21. The molecule has 18 heavy (non-hydrogen) atoms. The van der Waals surface area contributed by atoms with Gasteiger partial charge >= 0.3 is 0 Å². The molecule has 0 saturated carbocycles. The third kappa shape index (κ3) is 2.44. The predicted molar refractivity (Wildman–Crippen MR) is 77.4 cm³/mol. The van der Waals surface area contributed by atoms with Crippen molar-refractivity contribution in [2.24, 2.45) is 0 Å². The number of nitrogens with one attached hydrogen (secondary N) is 1. The summed E-state index contributed by atoms with van der Waals surface area (Å²) < 4.78 is 0. The van der Waals surface area contributed by atoms with Crippen molar-refractivity contribution >= 4 is 22.9 Å². The first-order valence-electron chi connectivity index (χ1n) is 6.25. The first-order valence-corrected chi connectivity index (χ1v) is 7.51. The summed E-state index contributed by atoms with van der Waals surface area (Å²) in [7, 11) is 0. The van der Waals surface area contributed by atoms with Gasteiger partial charge in [-0.15, -0.1) is 11.3 Å². The second kappa shape index (κ2) is 5.39. The van der Waals surface area contributed by atoms with Gasteiger partial charge in [0.1, 0.15) is 0 Å². The molecule has 94 valence electrons. The monoisotopic (exact) mass is 278 g/mol. The van der Waals surface area contributed by atoms with Crippen LogP contribution < -0.4 is 5.32 Å². The minimum absolute atomic E-state index is 0.569. The molecular formula is C14H15ClN2S. The zero-order chi connectivity index (χ0) is 12.4. The van der Waals surface area contributed by atoms with E-state index >= 15 is 0 Å². The van der Waals surface area contributed by atoms with E-state index in [1.807, 2.05) is 24.3 Å². The molecule has 0 spiro atoms. The Morgan fingerprint density at radius 2 is 2.22 bits per heavy atom. The molecule has 1 unspecified atom stereocenters. The minimum atomic E-state index is 0.569. The van der Waals surface area contributed by atoms with E-state index in [-0.39, 0.29) is 0 Å². The molecule has 0 aliphatic carbocycles. The Bertz CT molecular complexity index is 532. The van der Waals surface area contributed by atoms with E-state index in [9.17, 15) is 0 Å². The number of hydrogen-bond donors (Lipinski definition) is 1. The summed E-state index contributed by atoms with van der Waals surface area (Å²) in [6.45, 7) is 2.19. The fraction of sp³-hybridized carbons (Fsp3) is 0.357. The standard InChI is InChI=1S/C14H15ClN2S/c15-12-6-2-1-5-11(12)13-9-18-14(17-13)10-4-3-7-16-8-10/h1-2,5-6,9-10,16H,3-4,7-8H2. The van der Waals surface area contributed by atoms with E-state index in [0.717, 1.165) is 29.4 Å². The van der Waals surface area contributed by atoms with Crippen LogP contribution in [0.4, 0.5) is 0 Å². The molecule has 1 saturated heterocycles. The third-order valence-electron chi connectivity index (χ3n) is 3.32. The van der Waals surface area contributed by atoms with Crippen molar-refractivity contribution in [2.45, 2.75) is 18.8 Å². The second-order valence-corrected chi connectivity index (χ2v) is 5.89. The number of piperidine rings is 1. The molecule has 1 aromatic heterocycles. The molecule has 1 aliphatic rings. The maximum absolute atomic E-state index is 6.21. The van der Waals surface area contributed by atoms with Crippen LogP contribution in [0.25, 0.3) is 11.3 Å². The molecular weight excluding hydrogens is 264 g/mol. The van der Waals surface area contributed by atoms with Crippen LogP contribution in [0.3, 0.4) is 0 Å². The summed E-state index contributed by atoms with van der Waals surface area (Å²) in [4.78, 5) is 4.76. The maximum Gasteiger partial charge on any atom is 0.0976 e. The van der Waals surface area contributed by atoms with Gasteiger partial charge in [-0.2, -0.15) is 0 Å². The topological polar surface area (TPSA) is 24.9 Å². The van der Waals surface area contributed by atoms with Gasteiger partial charge in [0.05, 0.1) is 10.7 Å². The number of aromatic nitrogens is 1. The van der Waals surface area contributed by atoms with Crippen molar-refractivity contribution in [3.63, 3.8) is 0 Å². The van der Waals surface area contributed by atoms with Crippen molar-refractivity contribution in [1.82, 2.24) is 10.3 Å². The minimum Gasteiger partial charge on any atom is -0.316 e. The quantitative estimate of drug-likeness (QED) is 0.900. The van der Waals surface area contributed by atoms with Crippen LogP contribution in [0.2, 0.25) is 5.02 Å². The number of thiazole rings is 1. The molecule has 0 radical (unpaired) electrons. The van der Waals surface area contributed by atoms with E-state index in [1.54, 1.807) is 11.3 Å². The van der Waals surface area contributed by atoms with Crippen LogP contribution in [0.1, 0.15) is 23.8 Å². The van der Waals surface area contributed by atoms with Gasteiger partial charge in [0, 0.05) is 28.4 Å². The second-order valence-electron chi connectivity index (χ2n) is 4.59. The molecule has 4 heteroatoms. The molecule has 1 fully saturated rings. The normalized spacial score (nSPS) is 19.9. The van der Waals surface area contributed by atoms with E-state index in [4.69, 9.17) is 16.6 Å². The Morgan fingerprint density at radius 1 is 1.33 bits per heavy atom. The number of rotatable bonds is 2. The van der Waals surface area contributed by atoms with E-state index < -0.39 is 0 Å². The van der Waals surface area contributed by atoms with Crippen LogP contribution in [-0.4, -0.2) is 18.1 Å². The lowest BCUT2D eigenvalue weighted by Crippen LogP contribution is -2.28. The van der Waals surface area contributed by atoms with Gasteiger partial charge in [-0.1, -0.05) is 29.8 Å². The molecule has 2 nitrogen and oxygen atoms in total. The highest BCUT2D eigenvalue weighted by Crippen LogP contribution is 2.32. The average molecular weight is 279 g/mol. The Balaban J connectivity index is 1.87. The summed E-state index contributed by atoms with van der Waals surface area (Å²) in [6.07, 6.45) is 2.48. The van der Waals surface area contributed by atoms with Gasteiger partial charge in [0.25, 0.3) is 0 Å². The lowest BCUT2D eigenvalue weighted by molar-refractivity contribution is 0.460. The average Bonchev–Trinajstić information content (AvgIpc) is 2.90. The van der Waals surface area contributed by atoms with Crippen LogP contribution in [0.5, 0.6) is 0 Å². The molecule has 1 aromatic carbocycles. The fourth-order valence-electron chi connectivity index (χ4n) is 2.33. The SMILES string of the molecule is Clc1ccccc1-c1csc(C2CCCNC2)n1. The van der Waals surface area contributed by atoms with E-state index in [2.05, 4.69) is 10.7 Å². The number of nitrogens with zero attached hydrogens (tertiary/aromatic N) is 1. The van der Waals surface area contributed by atoms with Crippen LogP contribution >= 0.6 is 22.9 Å². The summed E-state index contributed by atoms with van der Waals surface area (Å²) in [5, 5.41) is 7.56. The smallest absolute Gasteiger partial charge is 0.0976 e. The Kier molecular flexibility index (Phi) is 3.64. The van der Waals surface area contributed by atoms with Crippen molar-refractivity contribution in [3.8, 4) is 11.3 Å². The largest absolute Gasteiger partial charge is 0.316 e. The Morgan fingerprint density at radius 3 is 3.00 bits per heavy atom. The molecule has 1 aliphatic heterocycles. The molecule has 3 rings (SSSR count). The van der Waals surface area contributed by atoms with Gasteiger partial charge in [-0.25, -0.2) is 4.98 Å². The summed E-state index contributed by atoms with van der Waals surface area (Å²) in [5.41, 5.74) is 2.04. The lowest BCUT2D eigenvalue weighted by Gasteiger charge is -2.20. The highest BCUT2D eigenvalue weighted by atomic mass is 35.5. The predicted octanol–water partition coefficient (Wildman–Crippen LogP) is 3.93. The van der Waals surface area contributed by atoms with Crippen molar-refractivity contribution in [1.29, 1.82) is 0 Å². The summed E-state index contributed by atoms with van der Waals surface area (Å²) in [5.74, 6) is 0.569. The molecule has 2 aromatic rings. The van der Waals surface area contributed by atoms with Crippen molar-refractivity contribution in [3.05, 3.63) is 39.7 Å². The summed E-state index contributed by atoms with van der Waals surface area (Å²) in [6, 6.07) is 7.89. The molecule has 1 N–H and O–H groups in total. The number of halogens is 1. The zero-order valence-corrected chi connectivity index (χ0v) is 11.6. The van der Waals surface area contributed by atoms with E-state index in [1.165, 1.54) is 17.8 Å². The van der Waals surface area contributed by atoms with Crippen molar-refractivity contribution in [2.75, 3.05) is 13.1 Å². The first-order chi connectivity index (χ1) is 8.84. The first kappa shape index (κ1) is 12.2. The van der Waals surface area contributed by atoms with Crippen LogP contribution in [0, 0.1) is 0 Å². The molecule has 2 heterocycles. The molecule has 0 amide bonds. The van der Waals surface area contributed by atoms with Gasteiger partial charge < -0.3 is 5.32 Å². The van der Waals surface area contributed by atoms with Crippen molar-refractivity contribution < 1.29 is 0 Å². The Labute approximate surface area is 116 Å². The zero-order valence-electron chi connectivity index (χ0n) is 10.0. The molecule has 0 bridgehead atoms. The van der Waals surface area contributed by atoms with Crippen LogP contribution in [0.15, 0.2) is 29.6 Å². The number of hydrogen-bond acceptors (Lipinski definition) is 3. The third-order valence-corrected chi connectivity index (χ3v) is 4.65. The van der Waals surface area contributed by atoms with Crippen LogP contribution in [-0.2, 0) is 0 Å². The van der Waals surface area contributed by atoms with Gasteiger partial charge in [0.15, 0.2) is 0 Å². The highest BCUT2D eigenvalue weighted by Gasteiger charge is 2.19. The van der Waals surface area contributed by atoms with E-state index in [0.29, 0.717) is 5.92 Å². The fourth-order valence-corrected chi connectivity index (χ4v) is 3.52. The Hall–Kier alpha value is -0.900. The summed E-state index contributed by atoms with van der Waals surface area (Å²) >= 11 is 7.96. The highest BCUT2D eigenvalue weighted by molar-refractivity contribution is 7.10. The van der Waals surface area contributed by atoms with Gasteiger partial charge in [0.2, 0.25) is 0 Å². The number of benzene rings is 1.